The van der Waals surface area contributed by atoms with E-state index in [1.807, 2.05) is 0 Å². The zero-order valence-electron chi connectivity index (χ0n) is 6.38. The van der Waals surface area contributed by atoms with Crippen molar-refractivity contribution in [3.05, 3.63) is 0 Å². The monoisotopic (exact) mass is 183 g/mol. The van der Waals surface area contributed by atoms with Crippen molar-refractivity contribution < 1.29 is 13.2 Å². The van der Waals surface area contributed by atoms with E-state index in [0.29, 0.717) is 13.0 Å². The summed E-state index contributed by atoms with van der Waals surface area (Å²) in [5.41, 5.74) is 0. The zero-order valence-corrected chi connectivity index (χ0v) is 7.20. The van der Waals surface area contributed by atoms with E-state index < -0.39 is 11.3 Å². The van der Waals surface area contributed by atoms with Gasteiger partial charge in [-0.1, -0.05) is 12.8 Å². The largest absolute Gasteiger partial charge is 0.294 e. The molecule has 3 nitrogen and oxygen atoms in total. The van der Waals surface area contributed by atoms with E-state index in [9.17, 15) is 8.60 Å². The molecule has 0 spiro atoms. The van der Waals surface area contributed by atoms with Crippen LogP contribution in [0.4, 0.5) is 4.39 Å². The highest BCUT2D eigenvalue weighted by molar-refractivity contribution is 7.77. The van der Waals surface area contributed by atoms with E-state index in [1.54, 1.807) is 0 Å². The maximum absolute atomic E-state index is 11.5. The molecule has 1 atom stereocenters. The number of hydrogen-bond donors (Lipinski definition) is 2. The highest BCUT2D eigenvalue weighted by atomic mass is 32.2. The van der Waals surface area contributed by atoms with Gasteiger partial charge in [-0.05, 0) is 12.8 Å². The van der Waals surface area contributed by atoms with Gasteiger partial charge in [0.05, 0.1) is 6.67 Å². The van der Waals surface area contributed by atoms with E-state index in [-0.39, 0.29) is 6.67 Å². The van der Waals surface area contributed by atoms with Crippen molar-refractivity contribution in [1.82, 2.24) is 4.72 Å². The molecule has 0 aliphatic heterocycles. The Hall–Kier alpha value is -0.0000000000000000555. The van der Waals surface area contributed by atoms with Crippen LogP contribution in [-0.4, -0.2) is 22.0 Å². The highest BCUT2D eigenvalue weighted by Gasteiger charge is 1.91. The number of hydrogen-bond acceptors (Lipinski definition) is 1. The van der Waals surface area contributed by atoms with Crippen LogP contribution in [0.3, 0.4) is 0 Å². The lowest BCUT2D eigenvalue weighted by Gasteiger charge is -1.98. The van der Waals surface area contributed by atoms with Crippen molar-refractivity contribution in [3.8, 4) is 0 Å². The maximum atomic E-state index is 11.5. The first kappa shape index (κ1) is 11.0. The number of nitrogens with one attached hydrogen (secondary N) is 1. The van der Waals surface area contributed by atoms with Gasteiger partial charge in [-0.25, -0.2) is 8.93 Å². The summed E-state index contributed by atoms with van der Waals surface area (Å²) in [5.74, 6) is 0. The van der Waals surface area contributed by atoms with Crippen molar-refractivity contribution in [2.24, 2.45) is 0 Å². The average Bonchev–Trinajstić information content (AvgIpc) is 1.96. The highest BCUT2D eigenvalue weighted by Crippen LogP contribution is 1.98. The Balaban J connectivity index is 2.85. The molecule has 0 aromatic rings. The van der Waals surface area contributed by atoms with E-state index in [0.717, 1.165) is 19.3 Å². The quantitative estimate of drug-likeness (QED) is 0.461. The molecule has 0 bridgehead atoms. The zero-order chi connectivity index (χ0) is 8.53. The molecule has 2 N–H and O–H groups in total. The number of halogens is 1. The van der Waals surface area contributed by atoms with Gasteiger partial charge in [0.25, 0.3) is 0 Å². The van der Waals surface area contributed by atoms with Crippen LogP contribution in [-0.2, 0) is 11.3 Å². The van der Waals surface area contributed by atoms with E-state index in [2.05, 4.69) is 4.72 Å². The Labute approximate surface area is 68.8 Å². The molecular formula is C6H14FNO2S. The van der Waals surface area contributed by atoms with Crippen LogP contribution in [0.1, 0.15) is 25.7 Å². The van der Waals surface area contributed by atoms with Gasteiger partial charge in [-0.2, -0.15) is 0 Å². The Morgan fingerprint density at radius 2 is 1.91 bits per heavy atom. The van der Waals surface area contributed by atoms with Gasteiger partial charge in [-0.3, -0.25) is 8.94 Å². The van der Waals surface area contributed by atoms with E-state index in [1.165, 1.54) is 0 Å². The molecule has 0 aliphatic carbocycles. The summed E-state index contributed by atoms with van der Waals surface area (Å²) in [5, 5.41) is 0. The predicted molar refractivity (Wildman–Crippen MR) is 43.2 cm³/mol. The van der Waals surface area contributed by atoms with Gasteiger partial charge in [0.1, 0.15) is 0 Å². The van der Waals surface area contributed by atoms with Crippen LogP contribution < -0.4 is 4.72 Å². The molecule has 5 heteroatoms. The molecule has 0 amide bonds. The van der Waals surface area contributed by atoms with Gasteiger partial charge in [-0.15, -0.1) is 0 Å². The standard InChI is InChI=1S/C6H14FNO2S/c7-5-3-1-2-4-6-8-11(9)10/h8H,1-6H2,(H,9,10). The molecule has 0 fully saturated rings. The number of rotatable bonds is 7. The van der Waals surface area contributed by atoms with Gasteiger partial charge in [0.15, 0.2) is 0 Å². The molecule has 0 aromatic heterocycles. The first-order valence-corrected chi connectivity index (χ1v) is 4.78. The third kappa shape index (κ3) is 10.0. The SMILES string of the molecule is O=S(O)NCCCCCCF. The van der Waals surface area contributed by atoms with Crippen LogP contribution in [0.2, 0.25) is 0 Å². The van der Waals surface area contributed by atoms with Crippen molar-refractivity contribution in [2.75, 3.05) is 13.2 Å². The van der Waals surface area contributed by atoms with E-state index >= 15 is 0 Å². The van der Waals surface area contributed by atoms with Gasteiger partial charge in [0.2, 0.25) is 11.3 Å². The summed E-state index contributed by atoms with van der Waals surface area (Å²) in [4.78, 5) is 0. The molecule has 1 unspecified atom stereocenters. The molecule has 0 rings (SSSR count). The van der Waals surface area contributed by atoms with Gasteiger partial charge < -0.3 is 0 Å². The molecule has 0 aromatic carbocycles. The topological polar surface area (TPSA) is 49.3 Å². The minimum Gasteiger partial charge on any atom is -0.294 e. The van der Waals surface area contributed by atoms with E-state index in [4.69, 9.17) is 4.55 Å². The van der Waals surface area contributed by atoms with Gasteiger partial charge in [0, 0.05) is 6.54 Å². The van der Waals surface area contributed by atoms with Crippen LogP contribution in [0.5, 0.6) is 0 Å². The van der Waals surface area contributed by atoms with Crippen molar-refractivity contribution in [3.63, 3.8) is 0 Å². The van der Waals surface area contributed by atoms with Crippen LogP contribution in [0.25, 0.3) is 0 Å². The third-order valence-corrected chi connectivity index (χ3v) is 1.74. The molecule has 0 saturated heterocycles. The summed E-state index contributed by atoms with van der Waals surface area (Å²) >= 11 is -1.90. The minimum atomic E-state index is -1.90. The number of alkyl halides is 1. The summed E-state index contributed by atoms with van der Waals surface area (Å²) in [6.45, 7) is 0.259. The second-order valence-corrected chi connectivity index (χ2v) is 3.03. The Bertz CT molecular complexity index is 113. The lowest BCUT2D eigenvalue weighted by atomic mass is 10.2. The summed E-state index contributed by atoms with van der Waals surface area (Å²) in [7, 11) is 0. The molecular weight excluding hydrogens is 169 g/mol. The molecule has 0 aliphatic rings. The molecule has 68 valence electrons. The fourth-order valence-corrected chi connectivity index (χ4v) is 1.05. The van der Waals surface area contributed by atoms with Crippen LogP contribution in [0.15, 0.2) is 0 Å². The minimum absolute atomic E-state index is 0.265. The Morgan fingerprint density at radius 1 is 1.27 bits per heavy atom. The first-order valence-electron chi connectivity index (χ1n) is 3.67. The third-order valence-electron chi connectivity index (χ3n) is 1.29. The van der Waals surface area contributed by atoms with Crippen LogP contribution >= 0.6 is 0 Å². The van der Waals surface area contributed by atoms with Crippen LogP contribution in [0, 0.1) is 0 Å². The maximum Gasteiger partial charge on any atom is 0.231 e. The fourth-order valence-electron chi connectivity index (χ4n) is 0.733. The second-order valence-electron chi connectivity index (χ2n) is 2.25. The second kappa shape index (κ2) is 8.10. The Kier molecular flexibility index (Phi) is 8.10. The normalized spacial score (nSPS) is 13.3. The smallest absolute Gasteiger partial charge is 0.231 e. The lowest BCUT2D eigenvalue weighted by molar-refractivity contribution is 0.452. The summed E-state index contributed by atoms with van der Waals surface area (Å²) < 4.78 is 32.2. The summed E-state index contributed by atoms with van der Waals surface area (Å²) in [6, 6.07) is 0. The molecule has 0 saturated carbocycles. The van der Waals surface area contributed by atoms with Crippen molar-refractivity contribution >= 4 is 11.3 Å². The lowest BCUT2D eigenvalue weighted by Crippen LogP contribution is -2.17. The predicted octanol–water partition coefficient (Wildman–Crippen LogP) is 1.24. The first-order chi connectivity index (χ1) is 5.27. The molecule has 0 radical (unpaired) electrons. The van der Waals surface area contributed by atoms with Crippen molar-refractivity contribution in [2.45, 2.75) is 25.7 Å². The van der Waals surface area contributed by atoms with Crippen molar-refractivity contribution in [1.29, 1.82) is 0 Å². The fraction of sp³-hybridized carbons (Fsp3) is 1.00. The average molecular weight is 183 g/mol. The molecule has 11 heavy (non-hydrogen) atoms. The molecule has 0 heterocycles. The Morgan fingerprint density at radius 3 is 2.45 bits per heavy atom. The summed E-state index contributed by atoms with van der Waals surface area (Å²) in [6.07, 6.45) is 3.19. The number of unbranched alkanes of at least 4 members (excludes halogenated alkanes) is 3. The van der Waals surface area contributed by atoms with Gasteiger partial charge >= 0.3 is 0 Å².